The molecule has 184 valence electrons. The van der Waals surface area contributed by atoms with E-state index in [1.165, 1.54) is 0 Å². The van der Waals surface area contributed by atoms with Gasteiger partial charge in [0.25, 0.3) is 0 Å². The fourth-order valence-corrected chi connectivity index (χ4v) is 6.15. The number of ether oxygens (including phenoxy) is 1. The SMILES string of the molecule is CC(C)O[Si](CCCCN(F)C(=O)Oc1cc(F)c(F)c(F)c1F)(OC(C)C)OC(C)C. The molecule has 1 aromatic rings. The first-order chi connectivity index (χ1) is 14.8. The highest BCUT2D eigenvalue weighted by molar-refractivity contribution is 6.60. The maximum Gasteiger partial charge on any atom is 0.501 e. The number of halogens is 5. The van der Waals surface area contributed by atoms with Crippen LogP contribution in [0, 0.1) is 23.3 Å². The van der Waals surface area contributed by atoms with Crippen LogP contribution in [0.25, 0.3) is 0 Å². The molecule has 0 aliphatic carbocycles. The Bertz CT molecular complexity index is 740. The monoisotopic (exact) mass is 487 g/mol. The molecule has 0 fully saturated rings. The van der Waals surface area contributed by atoms with Crippen LogP contribution in [0.15, 0.2) is 6.07 Å². The lowest BCUT2D eigenvalue weighted by molar-refractivity contribution is 0.00198. The molecule has 0 aliphatic heterocycles. The van der Waals surface area contributed by atoms with Crippen LogP contribution in [0.4, 0.5) is 26.8 Å². The summed E-state index contributed by atoms with van der Waals surface area (Å²) in [6, 6.07) is 0.475. The van der Waals surface area contributed by atoms with Gasteiger partial charge in [-0.2, -0.15) is 4.39 Å². The molecule has 0 saturated carbocycles. The van der Waals surface area contributed by atoms with E-state index in [0.717, 1.165) is 0 Å². The van der Waals surface area contributed by atoms with Crippen molar-refractivity contribution in [3.63, 3.8) is 0 Å². The Kier molecular flexibility index (Phi) is 11.0. The number of unbranched alkanes of at least 4 members (excludes halogenated alkanes) is 1. The third-order valence-corrected chi connectivity index (χ3v) is 7.26. The average molecular weight is 488 g/mol. The molecule has 0 bridgehead atoms. The van der Waals surface area contributed by atoms with Gasteiger partial charge in [0.2, 0.25) is 11.6 Å². The molecule has 0 saturated heterocycles. The number of carbonyl (C=O) groups is 1. The number of nitrogens with zero attached hydrogens (tertiary/aromatic N) is 1. The second-order valence-electron chi connectivity index (χ2n) is 7.89. The molecule has 0 unspecified atom stereocenters. The summed E-state index contributed by atoms with van der Waals surface area (Å²) in [5, 5.41) is -0.377. The lowest BCUT2D eigenvalue weighted by Gasteiger charge is -2.34. The Balaban J connectivity index is 2.71. The molecular weight excluding hydrogens is 457 g/mol. The normalized spacial score (nSPS) is 12.2. The number of amides is 1. The van der Waals surface area contributed by atoms with Crippen molar-refractivity contribution in [3.05, 3.63) is 29.3 Å². The van der Waals surface area contributed by atoms with Crippen LogP contribution < -0.4 is 4.74 Å². The zero-order chi connectivity index (χ0) is 24.6. The van der Waals surface area contributed by atoms with Crippen LogP contribution >= 0.6 is 0 Å². The summed E-state index contributed by atoms with van der Waals surface area (Å²) in [5.41, 5.74) is 0. The van der Waals surface area contributed by atoms with E-state index < -0.39 is 50.5 Å². The van der Waals surface area contributed by atoms with E-state index in [1.54, 1.807) is 0 Å². The first-order valence-corrected chi connectivity index (χ1v) is 12.2. The van der Waals surface area contributed by atoms with Crippen molar-refractivity contribution in [3.8, 4) is 5.75 Å². The van der Waals surface area contributed by atoms with E-state index >= 15 is 0 Å². The van der Waals surface area contributed by atoms with Gasteiger partial charge in [-0.3, -0.25) is 0 Å². The number of rotatable bonds is 12. The lowest BCUT2D eigenvalue weighted by atomic mass is 10.3. The number of hydrogen-bond donors (Lipinski definition) is 0. The Morgan fingerprint density at radius 3 is 1.84 bits per heavy atom. The van der Waals surface area contributed by atoms with Crippen molar-refractivity contribution < 1.29 is 44.9 Å². The van der Waals surface area contributed by atoms with Crippen molar-refractivity contribution in [1.82, 2.24) is 5.12 Å². The summed E-state index contributed by atoms with van der Waals surface area (Å²) in [6.07, 6.45) is -1.71. The summed E-state index contributed by atoms with van der Waals surface area (Å²) in [4.78, 5) is 11.8. The molecule has 0 aromatic heterocycles. The molecule has 32 heavy (non-hydrogen) atoms. The van der Waals surface area contributed by atoms with Gasteiger partial charge in [-0.15, -0.1) is 5.12 Å². The zero-order valence-corrected chi connectivity index (χ0v) is 20.0. The first kappa shape index (κ1) is 28.3. The Labute approximate surface area is 185 Å². The Hall–Kier alpha value is -1.76. The number of hydrogen-bond acceptors (Lipinski definition) is 5. The first-order valence-electron chi connectivity index (χ1n) is 10.3. The zero-order valence-electron chi connectivity index (χ0n) is 19.0. The second kappa shape index (κ2) is 12.5. The lowest BCUT2D eigenvalue weighted by Crippen LogP contribution is -2.50. The fraction of sp³-hybridized carbons (Fsp3) is 0.650. The van der Waals surface area contributed by atoms with E-state index in [0.29, 0.717) is 12.5 Å². The van der Waals surface area contributed by atoms with Gasteiger partial charge in [0.1, 0.15) is 0 Å². The molecule has 0 radical (unpaired) electrons. The molecule has 0 N–H and O–H groups in total. The van der Waals surface area contributed by atoms with E-state index in [9.17, 15) is 26.8 Å². The van der Waals surface area contributed by atoms with E-state index in [4.69, 9.17) is 13.3 Å². The largest absolute Gasteiger partial charge is 0.501 e. The molecular formula is C20H30F5NO5Si. The van der Waals surface area contributed by atoms with Crippen molar-refractivity contribution >= 4 is 14.9 Å². The Morgan fingerprint density at radius 1 is 0.875 bits per heavy atom. The minimum absolute atomic E-state index is 0.120. The third kappa shape index (κ3) is 8.64. The molecule has 0 aliphatic rings. The van der Waals surface area contributed by atoms with Crippen molar-refractivity contribution in [2.24, 2.45) is 0 Å². The maximum atomic E-state index is 14.0. The molecule has 0 atom stereocenters. The standard InChI is InChI=1S/C20H30F5NO5Si/c1-12(2)29-32(30-13(3)4,31-14(5)6)10-8-7-9-26(25)20(27)28-16-11-15(21)17(22)19(24)18(16)23/h11-14H,7-10H2,1-6H3. The molecule has 0 heterocycles. The highest BCUT2D eigenvalue weighted by Gasteiger charge is 2.43. The Morgan fingerprint density at radius 2 is 1.38 bits per heavy atom. The molecule has 0 spiro atoms. The van der Waals surface area contributed by atoms with Crippen LogP contribution in [0.2, 0.25) is 6.04 Å². The molecule has 12 heteroatoms. The van der Waals surface area contributed by atoms with Crippen molar-refractivity contribution in [2.45, 2.75) is 78.7 Å². The van der Waals surface area contributed by atoms with Crippen molar-refractivity contribution in [1.29, 1.82) is 0 Å². The maximum absolute atomic E-state index is 14.0. The summed E-state index contributed by atoms with van der Waals surface area (Å²) >= 11 is 0. The van der Waals surface area contributed by atoms with E-state index in [2.05, 4.69) is 4.74 Å². The van der Waals surface area contributed by atoms with Gasteiger partial charge in [0.15, 0.2) is 17.4 Å². The highest BCUT2D eigenvalue weighted by atomic mass is 28.4. The predicted octanol–water partition coefficient (Wildman–Crippen LogP) is 5.92. The number of carbonyl (C=O) groups excluding carboxylic acids is 1. The van der Waals surface area contributed by atoms with Gasteiger partial charge < -0.3 is 18.0 Å². The van der Waals surface area contributed by atoms with Gasteiger partial charge in [0, 0.05) is 30.4 Å². The van der Waals surface area contributed by atoms with Crippen LogP contribution in [0.1, 0.15) is 54.4 Å². The van der Waals surface area contributed by atoms with Gasteiger partial charge in [-0.1, -0.05) is 4.48 Å². The van der Waals surface area contributed by atoms with Crippen LogP contribution in [-0.2, 0) is 13.3 Å². The molecule has 1 amide bonds. The molecule has 1 aromatic carbocycles. The van der Waals surface area contributed by atoms with Gasteiger partial charge in [-0.05, 0) is 54.4 Å². The smallest absolute Gasteiger partial charge is 0.405 e. The summed E-state index contributed by atoms with van der Waals surface area (Å²) in [5.74, 6) is -9.22. The number of benzene rings is 1. The quantitative estimate of drug-likeness (QED) is 0.0915. The highest BCUT2D eigenvalue weighted by Crippen LogP contribution is 2.26. The van der Waals surface area contributed by atoms with Crippen LogP contribution in [0.3, 0.4) is 0 Å². The van der Waals surface area contributed by atoms with Gasteiger partial charge >= 0.3 is 14.9 Å². The van der Waals surface area contributed by atoms with Gasteiger partial charge in [-0.25, -0.2) is 18.0 Å². The van der Waals surface area contributed by atoms with E-state index in [1.807, 2.05) is 41.5 Å². The summed E-state index contributed by atoms with van der Waals surface area (Å²) in [7, 11) is -3.10. The van der Waals surface area contributed by atoms with Gasteiger partial charge in [0.05, 0.1) is 6.54 Å². The summed E-state index contributed by atoms with van der Waals surface area (Å²) < 4.78 is 89.3. The van der Waals surface area contributed by atoms with E-state index in [-0.39, 0.29) is 35.9 Å². The van der Waals surface area contributed by atoms with Crippen LogP contribution in [0.5, 0.6) is 5.75 Å². The average Bonchev–Trinajstić information content (AvgIpc) is 2.65. The minimum Gasteiger partial charge on any atom is -0.405 e. The topological polar surface area (TPSA) is 57.2 Å². The fourth-order valence-electron chi connectivity index (χ4n) is 2.79. The molecule has 1 rings (SSSR count). The predicted molar refractivity (Wildman–Crippen MR) is 109 cm³/mol. The van der Waals surface area contributed by atoms with Crippen LogP contribution in [-0.4, -0.2) is 44.9 Å². The molecule has 6 nitrogen and oxygen atoms in total. The third-order valence-electron chi connectivity index (χ3n) is 3.80. The minimum atomic E-state index is -3.10. The second-order valence-corrected chi connectivity index (χ2v) is 10.5. The summed E-state index contributed by atoms with van der Waals surface area (Å²) in [6.45, 7) is 10.6. The van der Waals surface area contributed by atoms with Crippen molar-refractivity contribution in [2.75, 3.05) is 6.54 Å².